The smallest absolute Gasteiger partial charge is 0.326 e. The zero-order valence-electron chi connectivity index (χ0n) is 19.4. The summed E-state index contributed by atoms with van der Waals surface area (Å²) in [6.07, 6.45) is 0.515. The maximum absolute atomic E-state index is 12.9. The van der Waals surface area contributed by atoms with Gasteiger partial charge in [-0.05, 0) is 50.4 Å². The lowest BCUT2D eigenvalue weighted by Gasteiger charge is -2.24. The summed E-state index contributed by atoms with van der Waals surface area (Å²) in [4.78, 5) is 59.9. The number of hydrogen-bond donors (Lipinski definition) is 8. The summed E-state index contributed by atoms with van der Waals surface area (Å²) in [5, 5.41) is 34.8. The van der Waals surface area contributed by atoms with Gasteiger partial charge in [-0.25, -0.2) is 4.79 Å². The quantitative estimate of drug-likeness (QED) is 0.130. The molecule has 0 radical (unpaired) electrons. The number of aliphatic carboxylic acids is 2. The third kappa shape index (κ3) is 10.8. The second-order valence-electron chi connectivity index (χ2n) is 8.05. The van der Waals surface area contributed by atoms with Gasteiger partial charge in [0, 0.05) is 6.42 Å². The number of carboxylic acid groups (broad SMARTS) is 2. The summed E-state index contributed by atoms with van der Waals surface area (Å²) in [6.45, 7) is 1.69. The third-order valence-electron chi connectivity index (χ3n) is 5.05. The minimum atomic E-state index is -1.36. The van der Waals surface area contributed by atoms with Crippen LogP contribution in [-0.4, -0.2) is 75.7 Å². The van der Waals surface area contributed by atoms with E-state index < -0.39 is 60.2 Å². The molecule has 0 aliphatic carbocycles. The van der Waals surface area contributed by atoms with E-state index in [4.69, 9.17) is 16.6 Å². The molecule has 4 atom stereocenters. The van der Waals surface area contributed by atoms with Gasteiger partial charge in [0.15, 0.2) is 0 Å². The number of amides is 3. The fourth-order valence-corrected chi connectivity index (χ4v) is 3.07. The molecule has 194 valence electrons. The number of phenolic OH excluding ortho intramolecular Hbond substituents is 1. The van der Waals surface area contributed by atoms with E-state index in [1.807, 2.05) is 0 Å². The number of carbonyl (C=O) groups is 5. The lowest BCUT2D eigenvalue weighted by atomic mass is 10.0. The Balaban J connectivity index is 2.86. The molecule has 10 N–H and O–H groups in total. The van der Waals surface area contributed by atoms with Crippen LogP contribution in [0.1, 0.15) is 38.2 Å². The first-order chi connectivity index (χ1) is 16.4. The molecule has 0 bridgehead atoms. The molecule has 13 heteroatoms. The van der Waals surface area contributed by atoms with Crippen molar-refractivity contribution in [1.82, 2.24) is 16.0 Å². The molecule has 1 aromatic carbocycles. The van der Waals surface area contributed by atoms with Crippen LogP contribution in [0.3, 0.4) is 0 Å². The fraction of sp³-hybridized carbons (Fsp3) is 0.500. The van der Waals surface area contributed by atoms with E-state index >= 15 is 0 Å². The Morgan fingerprint density at radius 3 is 2.03 bits per heavy atom. The Morgan fingerprint density at radius 2 is 1.49 bits per heavy atom. The second-order valence-corrected chi connectivity index (χ2v) is 8.05. The predicted octanol–water partition coefficient (Wildman–Crippen LogP) is -1.58. The van der Waals surface area contributed by atoms with Gasteiger partial charge in [0.25, 0.3) is 0 Å². The molecule has 1 rings (SSSR count). The van der Waals surface area contributed by atoms with Gasteiger partial charge < -0.3 is 42.7 Å². The van der Waals surface area contributed by atoms with E-state index in [2.05, 4.69) is 16.0 Å². The third-order valence-corrected chi connectivity index (χ3v) is 5.05. The predicted molar refractivity (Wildman–Crippen MR) is 124 cm³/mol. The largest absolute Gasteiger partial charge is 0.508 e. The van der Waals surface area contributed by atoms with Crippen LogP contribution >= 0.6 is 0 Å². The van der Waals surface area contributed by atoms with Gasteiger partial charge in [0.05, 0.1) is 12.5 Å². The maximum Gasteiger partial charge on any atom is 0.326 e. The van der Waals surface area contributed by atoms with E-state index in [0.717, 1.165) is 0 Å². The Labute approximate surface area is 202 Å². The van der Waals surface area contributed by atoms with Crippen molar-refractivity contribution in [3.63, 3.8) is 0 Å². The SMILES string of the molecule is CC(NC(=O)C(N)CC(=O)O)C(=O)NC(CCCCN)C(=O)NC(Cc1ccc(O)cc1)C(=O)O. The standard InChI is InChI=1S/C22H33N5O8/c1-12(25-20(32)15(24)11-18(29)30)19(31)26-16(4-2-3-9-23)21(33)27-17(22(34)35)10-13-5-7-14(28)8-6-13/h5-8,12,15-17,28H,2-4,9-11,23-24H2,1H3,(H,25,32)(H,26,31)(H,27,33)(H,29,30)(H,34,35). The number of unbranched alkanes of at least 4 members (excludes halogenated alkanes) is 1. The van der Waals surface area contributed by atoms with E-state index in [0.29, 0.717) is 24.9 Å². The molecule has 3 amide bonds. The monoisotopic (exact) mass is 495 g/mol. The van der Waals surface area contributed by atoms with Gasteiger partial charge in [0.1, 0.15) is 23.9 Å². The van der Waals surface area contributed by atoms with E-state index in [1.165, 1.54) is 31.2 Å². The lowest BCUT2D eigenvalue weighted by molar-refractivity contribution is -0.142. The molecule has 0 saturated heterocycles. The Hall–Kier alpha value is -3.71. The molecule has 0 aliphatic heterocycles. The summed E-state index contributed by atoms with van der Waals surface area (Å²) < 4.78 is 0. The van der Waals surface area contributed by atoms with Gasteiger partial charge in [-0.2, -0.15) is 0 Å². The molecule has 0 heterocycles. The molecule has 0 saturated carbocycles. The van der Waals surface area contributed by atoms with Crippen LogP contribution in [0.25, 0.3) is 0 Å². The normalized spacial score (nSPS) is 14.1. The highest BCUT2D eigenvalue weighted by Crippen LogP contribution is 2.12. The van der Waals surface area contributed by atoms with Crippen molar-refractivity contribution >= 4 is 29.7 Å². The van der Waals surface area contributed by atoms with Crippen molar-refractivity contribution < 1.29 is 39.3 Å². The number of carbonyl (C=O) groups excluding carboxylic acids is 3. The molecular formula is C22H33N5O8. The van der Waals surface area contributed by atoms with Crippen molar-refractivity contribution in [1.29, 1.82) is 0 Å². The van der Waals surface area contributed by atoms with Crippen molar-refractivity contribution in [3.8, 4) is 5.75 Å². The van der Waals surface area contributed by atoms with Crippen molar-refractivity contribution in [3.05, 3.63) is 29.8 Å². The zero-order chi connectivity index (χ0) is 26.5. The molecule has 1 aromatic rings. The summed E-state index contributed by atoms with van der Waals surface area (Å²) in [7, 11) is 0. The number of hydrogen-bond acceptors (Lipinski definition) is 8. The van der Waals surface area contributed by atoms with Crippen LogP contribution in [0.2, 0.25) is 0 Å². The number of nitrogens with one attached hydrogen (secondary N) is 3. The van der Waals surface area contributed by atoms with E-state index in [1.54, 1.807) is 0 Å². The number of carboxylic acids is 2. The van der Waals surface area contributed by atoms with Crippen LogP contribution in [0.15, 0.2) is 24.3 Å². The van der Waals surface area contributed by atoms with E-state index in [-0.39, 0.29) is 18.6 Å². The Kier molecular flexibility index (Phi) is 12.2. The minimum absolute atomic E-state index is 0.0115. The lowest BCUT2D eigenvalue weighted by Crippen LogP contribution is -2.56. The summed E-state index contributed by atoms with van der Waals surface area (Å²) in [6, 6.07) is 0.930. The van der Waals surface area contributed by atoms with Crippen LogP contribution in [0, 0.1) is 0 Å². The molecule has 0 aliphatic rings. The Bertz CT molecular complexity index is 892. The highest BCUT2D eigenvalue weighted by Gasteiger charge is 2.29. The van der Waals surface area contributed by atoms with Gasteiger partial charge in [-0.3, -0.25) is 19.2 Å². The summed E-state index contributed by atoms with van der Waals surface area (Å²) >= 11 is 0. The molecule has 35 heavy (non-hydrogen) atoms. The minimum Gasteiger partial charge on any atom is -0.508 e. The first kappa shape index (κ1) is 29.3. The fourth-order valence-electron chi connectivity index (χ4n) is 3.07. The van der Waals surface area contributed by atoms with Crippen molar-refractivity contribution in [2.45, 2.75) is 63.2 Å². The van der Waals surface area contributed by atoms with Crippen molar-refractivity contribution in [2.75, 3.05) is 6.54 Å². The molecule has 4 unspecified atom stereocenters. The maximum atomic E-state index is 12.9. The van der Waals surface area contributed by atoms with Gasteiger partial charge in [-0.1, -0.05) is 12.1 Å². The second kappa shape index (κ2) is 14.5. The van der Waals surface area contributed by atoms with Crippen LogP contribution in [0.5, 0.6) is 5.75 Å². The number of phenols is 1. The molecule has 13 nitrogen and oxygen atoms in total. The molecule has 0 fully saturated rings. The number of aromatic hydroxyl groups is 1. The topological polar surface area (TPSA) is 234 Å². The average Bonchev–Trinajstić information content (AvgIpc) is 2.78. The first-order valence-corrected chi connectivity index (χ1v) is 11.0. The number of benzene rings is 1. The number of nitrogens with two attached hydrogens (primary N) is 2. The highest BCUT2D eigenvalue weighted by atomic mass is 16.4. The average molecular weight is 496 g/mol. The van der Waals surface area contributed by atoms with Crippen LogP contribution in [-0.2, 0) is 30.4 Å². The highest BCUT2D eigenvalue weighted by molar-refractivity contribution is 5.94. The molecular weight excluding hydrogens is 462 g/mol. The summed E-state index contributed by atoms with van der Waals surface area (Å²) in [5.41, 5.74) is 11.5. The van der Waals surface area contributed by atoms with Gasteiger partial charge in [0.2, 0.25) is 17.7 Å². The van der Waals surface area contributed by atoms with Gasteiger partial charge >= 0.3 is 11.9 Å². The summed E-state index contributed by atoms with van der Waals surface area (Å²) in [5.74, 6) is -4.87. The number of rotatable bonds is 15. The zero-order valence-corrected chi connectivity index (χ0v) is 19.4. The van der Waals surface area contributed by atoms with E-state index in [9.17, 15) is 34.2 Å². The molecule has 0 spiro atoms. The van der Waals surface area contributed by atoms with Crippen LogP contribution in [0.4, 0.5) is 0 Å². The van der Waals surface area contributed by atoms with Crippen molar-refractivity contribution in [2.24, 2.45) is 11.5 Å². The van der Waals surface area contributed by atoms with Gasteiger partial charge in [-0.15, -0.1) is 0 Å². The molecule has 0 aromatic heterocycles. The Morgan fingerprint density at radius 1 is 0.886 bits per heavy atom. The first-order valence-electron chi connectivity index (χ1n) is 11.0. The van der Waals surface area contributed by atoms with Crippen LogP contribution < -0.4 is 27.4 Å².